The van der Waals surface area contributed by atoms with Crippen molar-refractivity contribution in [1.82, 2.24) is 0 Å². The minimum atomic E-state index is -0.389. The lowest BCUT2D eigenvalue weighted by molar-refractivity contribution is -0.113. The number of carbonyl (C=O) groups is 2. The van der Waals surface area contributed by atoms with Crippen LogP contribution in [0.3, 0.4) is 0 Å². The SMILES string of the molecule is COC(=O)c1ccc(-c2ccc(/C=C3\C=C(c4ccccc4)N(c4ccc(I)c(C)c4)C3=O)o2)cc1. The van der Waals surface area contributed by atoms with Crippen molar-refractivity contribution in [3.05, 3.63) is 123 Å². The van der Waals surface area contributed by atoms with E-state index in [0.29, 0.717) is 22.7 Å². The van der Waals surface area contributed by atoms with E-state index in [2.05, 4.69) is 22.6 Å². The second kappa shape index (κ2) is 9.99. The Morgan fingerprint density at radius 2 is 1.69 bits per heavy atom. The molecule has 178 valence electrons. The van der Waals surface area contributed by atoms with Crippen molar-refractivity contribution in [2.75, 3.05) is 12.0 Å². The molecule has 3 aromatic carbocycles. The maximum Gasteiger partial charge on any atom is 0.337 e. The molecule has 6 heteroatoms. The number of esters is 1. The van der Waals surface area contributed by atoms with Crippen LogP contribution in [0.2, 0.25) is 0 Å². The Hall–Kier alpha value is -3.91. The van der Waals surface area contributed by atoms with E-state index in [-0.39, 0.29) is 11.9 Å². The number of amides is 1. The predicted molar refractivity (Wildman–Crippen MR) is 149 cm³/mol. The van der Waals surface area contributed by atoms with Crippen LogP contribution in [0.5, 0.6) is 0 Å². The summed E-state index contributed by atoms with van der Waals surface area (Å²) in [7, 11) is 1.35. The fourth-order valence-electron chi connectivity index (χ4n) is 4.09. The molecule has 1 aliphatic rings. The van der Waals surface area contributed by atoms with Gasteiger partial charge < -0.3 is 9.15 Å². The van der Waals surface area contributed by atoms with Gasteiger partial charge in [0.1, 0.15) is 11.5 Å². The van der Waals surface area contributed by atoms with Gasteiger partial charge in [-0.2, -0.15) is 0 Å². The van der Waals surface area contributed by atoms with Gasteiger partial charge in [0.2, 0.25) is 0 Å². The Morgan fingerprint density at radius 3 is 2.39 bits per heavy atom. The molecule has 0 saturated carbocycles. The average Bonchev–Trinajstić information content (AvgIpc) is 3.51. The van der Waals surface area contributed by atoms with E-state index >= 15 is 0 Å². The van der Waals surface area contributed by atoms with Crippen LogP contribution >= 0.6 is 22.6 Å². The van der Waals surface area contributed by atoms with Crippen LogP contribution in [0.15, 0.2) is 101 Å². The van der Waals surface area contributed by atoms with E-state index in [4.69, 9.17) is 9.15 Å². The molecule has 36 heavy (non-hydrogen) atoms. The molecule has 2 heterocycles. The molecule has 5 rings (SSSR count). The van der Waals surface area contributed by atoms with Crippen LogP contribution in [0.25, 0.3) is 23.1 Å². The molecular weight excluding hydrogens is 565 g/mol. The van der Waals surface area contributed by atoms with Crippen LogP contribution in [-0.2, 0) is 9.53 Å². The molecule has 0 atom stereocenters. The highest BCUT2D eigenvalue weighted by Crippen LogP contribution is 2.36. The van der Waals surface area contributed by atoms with Gasteiger partial charge in [0.25, 0.3) is 5.91 Å². The van der Waals surface area contributed by atoms with Crippen LogP contribution in [0.4, 0.5) is 5.69 Å². The number of ether oxygens (including phenoxy) is 1. The van der Waals surface area contributed by atoms with Gasteiger partial charge in [0.15, 0.2) is 0 Å². The van der Waals surface area contributed by atoms with Crippen molar-refractivity contribution >= 4 is 51.9 Å². The average molecular weight is 587 g/mol. The van der Waals surface area contributed by atoms with Gasteiger partial charge in [0.05, 0.1) is 18.4 Å². The number of hydrogen-bond donors (Lipinski definition) is 0. The van der Waals surface area contributed by atoms with E-state index < -0.39 is 0 Å². The van der Waals surface area contributed by atoms with Crippen LogP contribution in [-0.4, -0.2) is 19.0 Å². The molecule has 4 aromatic rings. The highest BCUT2D eigenvalue weighted by Gasteiger charge is 2.31. The molecule has 1 aromatic heterocycles. The molecular formula is C30H22INO4. The highest BCUT2D eigenvalue weighted by atomic mass is 127. The van der Waals surface area contributed by atoms with E-state index in [1.165, 1.54) is 7.11 Å². The van der Waals surface area contributed by atoms with Gasteiger partial charge in [-0.25, -0.2) is 4.79 Å². The number of carbonyl (C=O) groups excluding carboxylic acids is 2. The van der Waals surface area contributed by atoms with Crippen molar-refractivity contribution in [2.24, 2.45) is 0 Å². The van der Waals surface area contributed by atoms with Gasteiger partial charge in [-0.05, 0) is 95.3 Å². The van der Waals surface area contributed by atoms with E-state index in [0.717, 1.165) is 31.6 Å². The summed E-state index contributed by atoms with van der Waals surface area (Å²) in [6, 6.07) is 26.6. The van der Waals surface area contributed by atoms with Crippen molar-refractivity contribution in [3.63, 3.8) is 0 Å². The zero-order chi connectivity index (χ0) is 25.2. The number of hydrogen-bond acceptors (Lipinski definition) is 4. The molecule has 0 unspecified atom stereocenters. The van der Waals surface area contributed by atoms with E-state index in [9.17, 15) is 9.59 Å². The van der Waals surface area contributed by atoms with Crippen molar-refractivity contribution < 1.29 is 18.7 Å². The molecule has 1 aliphatic heterocycles. The third-order valence-corrected chi connectivity index (χ3v) is 7.18. The Morgan fingerprint density at radius 1 is 0.944 bits per heavy atom. The summed E-state index contributed by atoms with van der Waals surface area (Å²) in [6.07, 6.45) is 3.66. The summed E-state index contributed by atoms with van der Waals surface area (Å²) in [6.45, 7) is 2.04. The summed E-state index contributed by atoms with van der Waals surface area (Å²) in [4.78, 5) is 27.1. The van der Waals surface area contributed by atoms with Gasteiger partial charge >= 0.3 is 5.97 Å². The predicted octanol–water partition coefficient (Wildman–Crippen LogP) is 7.12. The summed E-state index contributed by atoms with van der Waals surface area (Å²) in [5, 5.41) is 0. The fourth-order valence-corrected chi connectivity index (χ4v) is 4.42. The first-order valence-electron chi connectivity index (χ1n) is 11.3. The molecule has 0 spiro atoms. The monoisotopic (exact) mass is 587 g/mol. The molecule has 0 fully saturated rings. The molecule has 0 N–H and O–H groups in total. The number of anilines is 1. The van der Waals surface area contributed by atoms with Crippen molar-refractivity contribution in [2.45, 2.75) is 6.92 Å². The van der Waals surface area contributed by atoms with Gasteiger partial charge in [0, 0.05) is 20.4 Å². The Bertz CT molecular complexity index is 1510. The lowest BCUT2D eigenvalue weighted by atomic mass is 10.1. The Labute approximate surface area is 222 Å². The molecule has 0 aliphatic carbocycles. The molecule has 0 saturated heterocycles. The molecule has 5 nitrogen and oxygen atoms in total. The maximum absolute atomic E-state index is 13.6. The zero-order valence-electron chi connectivity index (χ0n) is 19.7. The fraction of sp³-hybridized carbons (Fsp3) is 0.0667. The molecule has 0 bridgehead atoms. The maximum atomic E-state index is 13.6. The normalized spacial score (nSPS) is 14.3. The smallest absolute Gasteiger partial charge is 0.337 e. The van der Waals surface area contributed by atoms with Crippen LogP contribution in [0.1, 0.15) is 27.2 Å². The minimum Gasteiger partial charge on any atom is -0.465 e. The summed E-state index contributed by atoms with van der Waals surface area (Å²) in [5.41, 5.74) is 5.53. The van der Waals surface area contributed by atoms with Gasteiger partial charge in [-0.3, -0.25) is 9.69 Å². The van der Waals surface area contributed by atoms with Crippen molar-refractivity contribution in [3.8, 4) is 11.3 Å². The Kier molecular flexibility index (Phi) is 6.61. The second-order valence-corrected chi connectivity index (χ2v) is 9.50. The zero-order valence-corrected chi connectivity index (χ0v) is 21.9. The lowest BCUT2D eigenvalue weighted by Gasteiger charge is -2.21. The molecule has 0 radical (unpaired) electrons. The Balaban J connectivity index is 1.49. The summed E-state index contributed by atoms with van der Waals surface area (Å²) < 4.78 is 11.9. The number of nitrogens with zero attached hydrogens (tertiary/aromatic N) is 1. The van der Waals surface area contributed by atoms with Gasteiger partial charge in [-0.15, -0.1) is 0 Å². The topological polar surface area (TPSA) is 59.8 Å². The summed E-state index contributed by atoms with van der Waals surface area (Å²) >= 11 is 2.29. The number of furan rings is 1. The quantitative estimate of drug-likeness (QED) is 0.142. The third-order valence-electron chi connectivity index (χ3n) is 5.97. The minimum absolute atomic E-state index is 0.116. The van der Waals surface area contributed by atoms with Crippen molar-refractivity contribution in [1.29, 1.82) is 0 Å². The van der Waals surface area contributed by atoms with Crippen LogP contribution < -0.4 is 4.90 Å². The number of aryl methyl sites for hydroxylation is 1. The molecule has 1 amide bonds. The first kappa shape index (κ1) is 23.8. The largest absolute Gasteiger partial charge is 0.465 e. The van der Waals surface area contributed by atoms with Crippen LogP contribution in [0, 0.1) is 10.5 Å². The first-order valence-corrected chi connectivity index (χ1v) is 12.4. The number of halogens is 1. The third kappa shape index (κ3) is 4.64. The number of rotatable bonds is 5. The lowest BCUT2D eigenvalue weighted by Crippen LogP contribution is -2.25. The highest BCUT2D eigenvalue weighted by molar-refractivity contribution is 14.1. The first-order chi connectivity index (χ1) is 17.4. The second-order valence-electron chi connectivity index (χ2n) is 8.34. The van der Waals surface area contributed by atoms with Gasteiger partial charge in [-0.1, -0.05) is 42.5 Å². The summed E-state index contributed by atoms with van der Waals surface area (Å²) in [5.74, 6) is 0.700. The number of methoxy groups -OCH3 is 1. The van der Waals surface area contributed by atoms with E-state index in [1.807, 2.05) is 73.7 Å². The van der Waals surface area contributed by atoms with E-state index in [1.54, 1.807) is 35.2 Å². The standard InChI is InChI=1S/C30H22INO4/c1-19-16-24(12-14-26(19)31)32-27(20-6-4-3-5-7-20)18-23(29(32)33)17-25-13-15-28(36-25)21-8-10-22(11-9-21)30(34)35-2/h3-18H,1-2H3/b23-17+. The number of benzene rings is 3.